The average molecular weight is 383 g/mol. The average Bonchev–Trinajstić information content (AvgIpc) is 2.67. The molecule has 2 atom stereocenters. The summed E-state index contributed by atoms with van der Waals surface area (Å²) in [6.07, 6.45) is 2.17. The van der Waals surface area contributed by atoms with E-state index in [0.717, 1.165) is 24.0 Å². The van der Waals surface area contributed by atoms with Crippen molar-refractivity contribution in [2.24, 2.45) is 11.8 Å². The van der Waals surface area contributed by atoms with Crippen LogP contribution in [0.5, 0.6) is 0 Å². The Bertz CT molecular complexity index is 665. The standard InChI is InChI=1S/C26H38O2/c1-19(2)17-21-9-13-23(14-10-21)25(5,27-7)26(6,28-8)24-15-11-22(12-16-24)18-20(3)4/h9-16,19-20H,17-18H2,1-8H3. The van der Waals surface area contributed by atoms with Crippen LogP contribution >= 0.6 is 0 Å². The second-order valence-corrected chi connectivity index (χ2v) is 9.06. The molecule has 2 aromatic rings. The largest absolute Gasteiger partial charge is 0.370 e. The van der Waals surface area contributed by atoms with E-state index in [-0.39, 0.29) is 0 Å². The molecule has 0 spiro atoms. The Hall–Kier alpha value is -1.64. The van der Waals surface area contributed by atoms with Crippen LogP contribution in [0.25, 0.3) is 0 Å². The molecular weight excluding hydrogens is 344 g/mol. The molecule has 0 aliphatic heterocycles. The van der Waals surface area contributed by atoms with Crippen LogP contribution in [0, 0.1) is 11.8 Å². The van der Waals surface area contributed by atoms with E-state index in [0.29, 0.717) is 11.8 Å². The summed E-state index contributed by atoms with van der Waals surface area (Å²) in [6.45, 7) is 13.2. The molecule has 2 aromatic carbocycles. The van der Waals surface area contributed by atoms with Gasteiger partial charge in [0, 0.05) is 14.2 Å². The van der Waals surface area contributed by atoms with Gasteiger partial charge in [-0.1, -0.05) is 76.2 Å². The van der Waals surface area contributed by atoms with Crippen LogP contribution in [0.2, 0.25) is 0 Å². The summed E-state index contributed by atoms with van der Waals surface area (Å²) in [4.78, 5) is 0. The summed E-state index contributed by atoms with van der Waals surface area (Å²) in [5.74, 6) is 1.29. The van der Waals surface area contributed by atoms with Crippen molar-refractivity contribution in [2.75, 3.05) is 14.2 Å². The molecule has 154 valence electrons. The van der Waals surface area contributed by atoms with Crippen LogP contribution in [0.3, 0.4) is 0 Å². The van der Waals surface area contributed by atoms with Gasteiger partial charge in [-0.2, -0.15) is 0 Å². The Morgan fingerprint density at radius 1 is 0.607 bits per heavy atom. The van der Waals surface area contributed by atoms with Crippen molar-refractivity contribution in [3.05, 3.63) is 70.8 Å². The molecule has 2 nitrogen and oxygen atoms in total. The fraction of sp³-hybridized carbons (Fsp3) is 0.538. The van der Waals surface area contributed by atoms with Crippen molar-refractivity contribution in [3.63, 3.8) is 0 Å². The summed E-state index contributed by atoms with van der Waals surface area (Å²) in [6, 6.07) is 17.6. The predicted octanol–water partition coefficient (Wildman–Crippen LogP) is 6.51. The zero-order chi connectivity index (χ0) is 20.9. The highest BCUT2D eigenvalue weighted by Crippen LogP contribution is 2.45. The number of rotatable bonds is 9. The first-order valence-electron chi connectivity index (χ1n) is 10.5. The van der Waals surface area contributed by atoms with Gasteiger partial charge in [-0.25, -0.2) is 0 Å². The maximum atomic E-state index is 6.13. The number of methoxy groups -OCH3 is 2. The maximum absolute atomic E-state index is 6.13. The molecule has 0 bridgehead atoms. The van der Waals surface area contributed by atoms with Crippen molar-refractivity contribution in [2.45, 2.75) is 65.6 Å². The zero-order valence-electron chi connectivity index (χ0n) is 19.0. The molecule has 0 N–H and O–H groups in total. The van der Waals surface area contributed by atoms with Crippen LogP contribution in [0.15, 0.2) is 48.5 Å². The second kappa shape index (κ2) is 9.24. The predicted molar refractivity (Wildman–Crippen MR) is 119 cm³/mol. The van der Waals surface area contributed by atoms with Gasteiger partial charge >= 0.3 is 0 Å². The molecule has 28 heavy (non-hydrogen) atoms. The van der Waals surface area contributed by atoms with Gasteiger partial charge in [-0.3, -0.25) is 0 Å². The van der Waals surface area contributed by atoms with Crippen LogP contribution in [0.1, 0.15) is 63.8 Å². The fourth-order valence-electron chi connectivity index (χ4n) is 4.04. The van der Waals surface area contributed by atoms with Crippen LogP contribution in [-0.2, 0) is 33.5 Å². The van der Waals surface area contributed by atoms with E-state index in [9.17, 15) is 0 Å². The van der Waals surface area contributed by atoms with E-state index in [1.165, 1.54) is 11.1 Å². The molecule has 0 aromatic heterocycles. The molecule has 0 heterocycles. The zero-order valence-corrected chi connectivity index (χ0v) is 19.0. The molecule has 2 heteroatoms. The third-order valence-corrected chi connectivity index (χ3v) is 6.02. The maximum Gasteiger partial charge on any atom is 0.123 e. The third-order valence-electron chi connectivity index (χ3n) is 6.02. The van der Waals surface area contributed by atoms with Gasteiger partial charge in [0.15, 0.2) is 0 Å². The van der Waals surface area contributed by atoms with Crippen LogP contribution in [0.4, 0.5) is 0 Å². The highest BCUT2D eigenvalue weighted by atomic mass is 16.5. The van der Waals surface area contributed by atoms with Gasteiger partial charge in [-0.15, -0.1) is 0 Å². The summed E-state index contributed by atoms with van der Waals surface area (Å²) in [5.41, 5.74) is 3.73. The molecular formula is C26H38O2. The van der Waals surface area contributed by atoms with E-state index in [2.05, 4.69) is 90.1 Å². The van der Waals surface area contributed by atoms with Gasteiger partial charge in [-0.05, 0) is 60.8 Å². The minimum Gasteiger partial charge on any atom is -0.370 e. The van der Waals surface area contributed by atoms with Gasteiger partial charge in [0.2, 0.25) is 0 Å². The van der Waals surface area contributed by atoms with E-state index in [1.54, 1.807) is 14.2 Å². The molecule has 2 rings (SSSR count). The minimum absolute atomic E-state index is 0.613. The van der Waals surface area contributed by atoms with Crippen LogP contribution in [-0.4, -0.2) is 14.2 Å². The lowest BCUT2D eigenvalue weighted by Crippen LogP contribution is -2.48. The van der Waals surface area contributed by atoms with E-state index < -0.39 is 11.2 Å². The van der Waals surface area contributed by atoms with E-state index in [1.807, 2.05) is 0 Å². The number of benzene rings is 2. The topological polar surface area (TPSA) is 18.5 Å². The Kier molecular flexibility index (Phi) is 7.47. The van der Waals surface area contributed by atoms with Crippen molar-refractivity contribution in [1.29, 1.82) is 0 Å². The van der Waals surface area contributed by atoms with Crippen molar-refractivity contribution >= 4 is 0 Å². The number of ether oxygens (including phenoxy) is 2. The van der Waals surface area contributed by atoms with Crippen molar-refractivity contribution in [1.82, 2.24) is 0 Å². The number of hydrogen-bond acceptors (Lipinski definition) is 2. The molecule has 0 radical (unpaired) electrons. The monoisotopic (exact) mass is 382 g/mol. The fourth-order valence-corrected chi connectivity index (χ4v) is 4.04. The van der Waals surface area contributed by atoms with Gasteiger partial charge < -0.3 is 9.47 Å². The normalized spacial score (nSPS) is 16.2. The van der Waals surface area contributed by atoms with Crippen molar-refractivity contribution in [3.8, 4) is 0 Å². The first kappa shape index (κ1) is 22.6. The second-order valence-electron chi connectivity index (χ2n) is 9.06. The molecule has 0 aliphatic rings. The Labute approximate surface area is 172 Å². The highest BCUT2D eigenvalue weighted by Gasteiger charge is 2.48. The quantitative estimate of drug-likeness (QED) is 0.492. The van der Waals surface area contributed by atoms with Crippen LogP contribution < -0.4 is 0 Å². The molecule has 0 saturated carbocycles. The highest BCUT2D eigenvalue weighted by molar-refractivity contribution is 5.36. The van der Waals surface area contributed by atoms with Gasteiger partial charge in [0.05, 0.1) is 0 Å². The SMILES string of the molecule is COC(C)(c1ccc(CC(C)C)cc1)C(C)(OC)c1ccc(CC(C)C)cc1. The Balaban J connectivity index is 2.41. The molecule has 0 aliphatic carbocycles. The number of hydrogen-bond donors (Lipinski definition) is 0. The smallest absolute Gasteiger partial charge is 0.123 e. The Morgan fingerprint density at radius 2 is 0.893 bits per heavy atom. The minimum atomic E-state index is -0.613. The van der Waals surface area contributed by atoms with Crippen molar-refractivity contribution < 1.29 is 9.47 Å². The summed E-state index contributed by atoms with van der Waals surface area (Å²) in [5, 5.41) is 0. The first-order valence-corrected chi connectivity index (χ1v) is 10.5. The molecule has 0 saturated heterocycles. The third kappa shape index (κ3) is 4.67. The Morgan fingerprint density at radius 3 is 1.11 bits per heavy atom. The first-order chi connectivity index (χ1) is 13.2. The summed E-state index contributed by atoms with van der Waals surface area (Å²) < 4.78 is 12.3. The van der Waals surface area contributed by atoms with E-state index in [4.69, 9.17) is 9.47 Å². The lowest BCUT2D eigenvalue weighted by atomic mass is 9.75. The van der Waals surface area contributed by atoms with E-state index >= 15 is 0 Å². The summed E-state index contributed by atoms with van der Waals surface area (Å²) >= 11 is 0. The lowest BCUT2D eigenvalue weighted by molar-refractivity contribution is -0.180. The van der Waals surface area contributed by atoms with Gasteiger partial charge in [0.25, 0.3) is 0 Å². The summed E-state index contributed by atoms with van der Waals surface area (Å²) in [7, 11) is 3.54. The van der Waals surface area contributed by atoms with Gasteiger partial charge in [0.1, 0.15) is 11.2 Å². The molecule has 2 unspecified atom stereocenters. The lowest BCUT2D eigenvalue weighted by Gasteiger charge is -2.45. The molecule has 0 fully saturated rings. The molecule has 0 amide bonds.